The zero-order valence-corrected chi connectivity index (χ0v) is 18.1. The maximum absolute atomic E-state index is 11.3. The Labute approximate surface area is 177 Å². The molecule has 0 aliphatic rings. The van der Waals surface area contributed by atoms with Crippen LogP contribution in [-0.2, 0) is 6.61 Å². The van der Waals surface area contributed by atoms with E-state index in [1.807, 2.05) is 62.4 Å². The summed E-state index contributed by atoms with van der Waals surface area (Å²) in [5.41, 5.74) is 4.41. The average molecular weight is 405 g/mol. The molecule has 0 unspecified atom stereocenters. The fraction of sp³-hybridized carbons (Fsp3) is 0.280. The lowest BCUT2D eigenvalue weighted by atomic mass is 10.0. The molecule has 0 aliphatic carbocycles. The molecule has 30 heavy (non-hydrogen) atoms. The molecule has 0 aliphatic heterocycles. The molecular formula is C25H27NO4. The third-order valence-electron chi connectivity index (χ3n) is 5.26. The molecule has 0 N–H and O–H groups in total. The highest BCUT2D eigenvalue weighted by Gasteiger charge is 2.19. The number of hydrogen-bond acceptors (Lipinski definition) is 4. The smallest absolute Gasteiger partial charge is 0.273 e. The van der Waals surface area contributed by atoms with E-state index in [1.54, 1.807) is 13.0 Å². The SMILES string of the molecule is Cc1cc([N+](=O)[O-])c(C)c(C)c1Oc1ccc(OCc2ccccc2)c(C(C)C)c1. The molecule has 0 bridgehead atoms. The van der Waals surface area contributed by atoms with Crippen molar-refractivity contribution in [1.82, 2.24) is 0 Å². The summed E-state index contributed by atoms with van der Waals surface area (Å²) in [5.74, 6) is 2.42. The molecule has 0 radical (unpaired) electrons. The maximum atomic E-state index is 11.3. The van der Waals surface area contributed by atoms with Gasteiger partial charge >= 0.3 is 0 Å². The first-order valence-electron chi connectivity index (χ1n) is 10.0. The van der Waals surface area contributed by atoms with Crippen LogP contribution in [-0.4, -0.2) is 4.92 Å². The van der Waals surface area contributed by atoms with Crippen LogP contribution in [0.25, 0.3) is 0 Å². The minimum absolute atomic E-state index is 0.116. The molecule has 0 saturated heterocycles. The van der Waals surface area contributed by atoms with Crippen LogP contribution < -0.4 is 9.47 Å². The fourth-order valence-corrected chi connectivity index (χ4v) is 3.41. The topological polar surface area (TPSA) is 61.6 Å². The number of nitrogens with zero attached hydrogens (tertiary/aromatic N) is 1. The number of aryl methyl sites for hydroxylation is 1. The van der Waals surface area contributed by atoms with Crippen LogP contribution in [0.15, 0.2) is 54.6 Å². The van der Waals surface area contributed by atoms with Gasteiger partial charge in [-0.25, -0.2) is 0 Å². The number of benzene rings is 3. The summed E-state index contributed by atoms with van der Waals surface area (Å²) in [5, 5.41) is 11.3. The van der Waals surface area contributed by atoms with Gasteiger partial charge in [-0.1, -0.05) is 44.2 Å². The minimum Gasteiger partial charge on any atom is -0.489 e. The van der Waals surface area contributed by atoms with Gasteiger partial charge in [0.1, 0.15) is 23.9 Å². The van der Waals surface area contributed by atoms with Gasteiger partial charge in [0.25, 0.3) is 5.69 Å². The molecule has 3 aromatic carbocycles. The molecule has 5 nitrogen and oxygen atoms in total. The van der Waals surface area contributed by atoms with E-state index in [0.717, 1.165) is 28.0 Å². The Hall–Kier alpha value is -3.34. The monoisotopic (exact) mass is 405 g/mol. The van der Waals surface area contributed by atoms with Crippen LogP contribution in [0.1, 0.15) is 47.6 Å². The highest BCUT2D eigenvalue weighted by atomic mass is 16.6. The first kappa shape index (κ1) is 21.4. The Morgan fingerprint density at radius 1 is 0.967 bits per heavy atom. The molecule has 0 fully saturated rings. The second-order valence-corrected chi connectivity index (χ2v) is 7.78. The molecule has 0 amide bonds. The van der Waals surface area contributed by atoms with Crippen molar-refractivity contribution in [2.24, 2.45) is 0 Å². The van der Waals surface area contributed by atoms with Crippen molar-refractivity contribution in [3.63, 3.8) is 0 Å². The van der Waals surface area contributed by atoms with Gasteiger partial charge in [0.05, 0.1) is 4.92 Å². The van der Waals surface area contributed by atoms with Crippen LogP contribution in [0.2, 0.25) is 0 Å². The van der Waals surface area contributed by atoms with Gasteiger partial charge in [-0.3, -0.25) is 10.1 Å². The largest absolute Gasteiger partial charge is 0.489 e. The van der Waals surface area contributed by atoms with Crippen molar-refractivity contribution in [2.75, 3.05) is 0 Å². The number of rotatable bonds is 7. The van der Waals surface area contributed by atoms with Gasteiger partial charge in [-0.2, -0.15) is 0 Å². The van der Waals surface area contributed by atoms with Crippen molar-refractivity contribution in [1.29, 1.82) is 0 Å². The van der Waals surface area contributed by atoms with Crippen LogP contribution >= 0.6 is 0 Å². The van der Waals surface area contributed by atoms with Crippen LogP contribution in [0.3, 0.4) is 0 Å². The van der Waals surface area contributed by atoms with E-state index < -0.39 is 0 Å². The number of nitro benzene ring substituents is 1. The minimum atomic E-state index is -0.352. The molecule has 5 heteroatoms. The van der Waals surface area contributed by atoms with E-state index in [9.17, 15) is 10.1 Å². The first-order valence-corrected chi connectivity index (χ1v) is 10.0. The first-order chi connectivity index (χ1) is 14.3. The molecule has 0 spiro atoms. The third kappa shape index (κ3) is 4.62. The Kier molecular flexibility index (Phi) is 6.40. The summed E-state index contributed by atoms with van der Waals surface area (Å²) in [6.07, 6.45) is 0. The Morgan fingerprint density at radius 3 is 2.30 bits per heavy atom. The molecule has 3 aromatic rings. The lowest BCUT2D eigenvalue weighted by Gasteiger charge is -2.18. The zero-order chi connectivity index (χ0) is 21.8. The highest BCUT2D eigenvalue weighted by molar-refractivity contribution is 5.57. The summed E-state index contributed by atoms with van der Waals surface area (Å²) in [6.45, 7) is 10.2. The lowest BCUT2D eigenvalue weighted by Crippen LogP contribution is -2.02. The normalized spacial score (nSPS) is 10.9. The van der Waals surface area contributed by atoms with Crippen molar-refractivity contribution >= 4 is 5.69 Å². The molecule has 3 rings (SSSR count). The van der Waals surface area contributed by atoms with E-state index in [4.69, 9.17) is 9.47 Å². The Bertz CT molecular complexity index is 1060. The summed E-state index contributed by atoms with van der Waals surface area (Å²) >= 11 is 0. The fourth-order valence-electron chi connectivity index (χ4n) is 3.41. The van der Waals surface area contributed by atoms with E-state index >= 15 is 0 Å². The van der Waals surface area contributed by atoms with Gasteiger partial charge in [-0.15, -0.1) is 0 Å². The summed E-state index contributed by atoms with van der Waals surface area (Å²) in [6, 6.07) is 17.4. The van der Waals surface area contributed by atoms with Crippen molar-refractivity contribution in [3.05, 3.63) is 92.5 Å². The summed E-state index contributed by atoms with van der Waals surface area (Å²) in [7, 11) is 0. The molecule has 0 atom stereocenters. The highest BCUT2D eigenvalue weighted by Crippen LogP contribution is 2.38. The average Bonchev–Trinajstić information content (AvgIpc) is 2.73. The number of nitro groups is 1. The third-order valence-corrected chi connectivity index (χ3v) is 5.26. The van der Waals surface area contributed by atoms with Gasteiger partial charge in [0.15, 0.2) is 0 Å². The molecule has 0 saturated carbocycles. The van der Waals surface area contributed by atoms with E-state index in [0.29, 0.717) is 23.7 Å². The van der Waals surface area contributed by atoms with Gasteiger partial charge in [0.2, 0.25) is 0 Å². The second kappa shape index (κ2) is 8.99. The quantitative estimate of drug-likeness (QED) is 0.313. The second-order valence-electron chi connectivity index (χ2n) is 7.78. The molecule has 156 valence electrons. The maximum Gasteiger partial charge on any atom is 0.273 e. The summed E-state index contributed by atoms with van der Waals surface area (Å²) in [4.78, 5) is 10.9. The van der Waals surface area contributed by atoms with Crippen molar-refractivity contribution in [3.8, 4) is 17.2 Å². The Balaban J connectivity index is 1.88. The number of ether oxygens (including phenoxy) is 2. The lowest BCUT2D eigenvalue weighted by molar-refractivity contribution is -0.385. The zero-order valence-electron chi connectivity index (χ0n) is 18.1. The van der Waals surface area contributed by atoms with Crippen LogP contribution in [0.4, 0.5) is 5.69 Å². The van der Waals surface area contributed by atoms with Crippen molar-refractivity contribution < 1.29 is 14.4 Å². The standard InChI is InChI=1S/C25H27NO4/c1-16(2)22-14-21(11-12-24(22)29-15-20-9-7-6-8-10-20)30-25-17(3)13-23(26(27)28)18(4)19(25)5/h6-14,16H,15H2,1-5H3. The number of hydrogen-bond donors (Lipinski definition) is 0. The molecule has 0 aromatic heterocycles. The summed E-state index contributed by atoms with van der Waals surface area (Å²) < 4.78 is 12.3. The molecular weight excluding hydrogens is 378 g/mol. The van der Waals surface area contributed by atoms with Crippen molar-refractivity contribution in [2.45, 2.75) is 47.1 Å². The van der Waals surface area contributed by atoms with Crippen LogP contribution in [0.5, 0.6) is 17.2 Å². The predicted molar refractivity (Wildman–Crippen MR) is 119 cm³/mol. The predicted octanol–water partition coefficient (Wildman–Crippen LogP) is 7.01. The van der Waals surface area contributed by atoms with E-state index in [2.05, 4.69) is 13.8 Å². The molecule has 0 heterocycles. The van der Waals surface area contributed by atoms with E-state index in [-0.39, 0.29) is 16.5 Å². The van der Waals surface area contributed by atoms with Gasteiger partial charge in [0, 0.05) is 22.8 Å². The van der Waals surface area contributed by atoms with E-state index in [1.165, 1.54) is 0 Å². The van der Waals surface area contributed by atoms with Gasteiger partial charge in [-0.05, 0) is 56.0 Å². The van der Waals surface area contributed by atoms with Crippen LogP contribution in [0, 0.1) is 30.9 Å². The Morgan fingerprint density at radius 2 is 1.67 bits per heavy atom. The van der Waals surface area contributed by atoms with Gasteiger partial charge < -0.3 is 9.47 Å².